The number of nitrogens with zero attached hydrogens (tertiary/aromatic N) is 1. The second kappa shape index (κ2) is 5.17. The fourth-order valence-corrected chi connectivity index (χ4v) is 0.895. The molecule has 1 aromatic rings. The molecule has 1 heterocycles. The number of carbonyl (C=O) groups excluding carboxylic acids is 1. The lowest BCUT2D eigenvalue weighted by Gasteiger charge is -2.18. The van der Waals surface area contributed by atoms with Crippen LogP contribution in [0.5, 0.6) is 0 Å². The molecule has 0 radical (unpaired) electrons. The zero-order valence-electron chi connectivity index (χ0n) is 9.57. The number of ether oxygens (including phenoxy) is 1. The number of carbonyl (C=O) groups is 1. The molecule has 1 aromatic heterocycles. The summed E-state index contributed by atoms with van der Waals surface area (Å²) in [4.78, 5) is 15.1. The van der Waals surface area contributed by atoms with Gasteiger partial charge in [-0.2, -0.15) is 0 Å². The largest absolute Gasteiger partial charge is 0.443 e. The molecule has 0 saturated heterocycles. The molecular weight excluding hydrogens is 204 g/mol. The van der Waals surface area contributed by atoms with Gasteiger partial charge in [-0.15, -0.1) is 0 Å². The van der Waals surface area contributed by atoms with Gasteiger partial charge in [-0.05, 0) is 38.8 Å². The molecule has 0 aliphatic carbocycles. The third kappa shape index (κ3) is 5.01. The minimum absolute atomic E-state index is 0.514. The SMILES string of the molecule is CC(C)(C)OC(=O)NC#Cc1cccnc1. The van der Waals surface area contributed by atoms with Crippen molar-refractivity contribution in [2.24, 2.45) is 0 Å². The third-order valence-electron chi connectivity index (χ3n) is 1.43. The summed E-state index contributed by atoms with van der Waals surface area (Å²) in [6.07, 6.45) is 2.72. The van der Waals surface area contributed by atoms with Crippen LogP contribution in [0.15, 0.2) is 24.5 Å². The topological polar surface area (TPSA) is 51.2 Å². The van der Waals surface area contributed by atoms with Gasteiger partial charge in [-0.25, -0.2) is 10.1 Å². The molecule has 0 unspecified atom stereocenters. The lowest BCUT2D eigenvalue weighted by atomic mass is 10.2. The second-order valence-electron chi connectivity index (χ2n) is 4.12. The molecule has 0 fully saturated rings. The van der Waals surface area contributed by atoms with Gasteiger partial charge < -0.3 is 4.74 Å². The summed E-state index contributed by atoms with van der Waals surface area (Å²) in [6, 6.07) is 6.09. The zero-order valence-corrected chi connectivity index (χ0v) is 9.57. The fourth-order valence-electron chi connectivity index (χ4n) is 0.895. The minimum Gasteiger partial charge on any atom is -0.443 e. The van der Waals surface area contributed by atoms with E-state index in [0.717, 1.165) is 5.56 Å². The highest BCUT2D eigenvalue weighted by Gasteiger charge is 2.14. The first-order chi connectivity index (χ1) is 7.47. The lowest BCUT2D eigenvalue weighted by Crippen LogP contribution is -2.29. The molecule has 1 amide bonds. The van der Waals surface area contributed by atoms with E-state index < -0.39 is 11.7 Å². The van der Waals surface area contributed by atoms with Crippen molar-refractivity contribution in [3.63, 3.8) is 0 Å². The van der Waals surface area contributed by atoms with E-state index >= 15 is 0 Å². The number of pyridine rings is 1. The van der Waals surface area contributed by atoms with Gasteiger partial charge in [-0.1, -0.05) is 0 Å². The highest BCUT2D eigenvalue weighted by atomic mass is 16.6. The number of hydrogen-bond donors (Lipinski definition) is 1. The van der Waals surface area contributed by atoms with E-state index in [2.05, 4.69) is 22.3 Å². The fraction of sp³-hybridized carbons (Fsp3) is 0.333. The summed E-state index contributed by atoms with van der Waals surface area (Å²) in [5, 5.41) is 2.34. The van der Waals surface area contributed by atoms with Crippen molar-refractivity contribution < 1.29 is 9.53 Å². The van der Waals surface area contributed by atoms with Gasteiger partial charge in [0.15, 0.2) is 0 Å². The van der Waals surface area contributed by atoms with Gasteiger partial charge in [0.25, 0.3) is 0 Å². The highest BCUT2D eigenvalue weighted by molar-refractivity contribution is 5.70. The molecule has 0 bridgehead atoms. The summed E-state index contributed by atoms with van der Waals surface area (Å²) in [7, 11) is 0. The molecule has 0 atom stereocenters. The van der Waals surface area contributed by atoms with Crippen molar-refractivity contribution in [3.05, 3.63) is 30.1 Å². The molecule has 0 aromatic carbocycles. The average molecular weight is 218 g/mol. The van der Waals surface area contributed by atoms with Crippen molar-refractivity contribution in [2.75, 3.05) is 0 Å². The monoisotopic (exact) mass is 218 g/mol. The molecular formula is C12H14N2O2. The van der Waals surface area contributed by atoms with Crippen LogP contribution in [0.4, 0.5) is 4.79 Å². The van der Waals surface area contributed by atoms with Crippen LogP contribution < -0.4 is 5.32 Å². The Labute approximate surface area is 95.0 Å². The number of alkyl carbamates (subject to hydrolysis) is 1. The van der Waals surface area contributed by atoms with E-state index in [4.69, 9.17) is 4.74 Å². The van der Waals surface area contributed by atoms with Gasteiger partial charge in [0.1, 0.15) is 5.60 Å². The van der Waals surface area contributed by atoms with E-state index in [1.807, 2.05) is 0 Å². The number of aromatic nitrogens is 1. The Morgan fingerprint density at radius 2 is 2.25 bits per heavy atom. The number of rotatable bonds is 0. The van der Waals surface area contributed by atoms with E-state index in [0.29, 0.717) is 0 Å². The van der Waals surface area contributed by atoms with Crippen molar-refractivity contribution in [2.45, 2.75) is 26.4 Å². The first-order valence-corrected chi connectivity index (χ1v) is 4.87. The van der Waals surface area contributed by atoms with E-state index in [1.54, 1.807) is 45.3 Å². The number of hydrogen-bond acceptors (Lipinski definition) is 3. The first-order valence-electron chi connectivity index (χ1n) is 4.87. The number of amides is 1. The average Bonchev–Trinajstić information content (AvgIpc) is 2.16. The summed E-state index contributed by atoms with van der Waals surface area (Å²) in [6.45, 7) is 5.38. The van der Waals surface area contributed by atoms with Crippen molar-refractivity contribution >= 4 is 6.09 Å². The Morgan fingerprint density at radius 3 is 2.81 bits per heavy atom. The Bertz CT molecular complexity index is 410. The van der Waals surface area contributed by atoms with Crippen LogP contribution in [0.25, 0.3) is 0 Å². The van der Waals surface area contributed by atoms with E-state index in [1.165, 1.54) is 0 Å². The smallest absolute Gasteiger partial charge is 0.419 e. The highest BCUT2D eigenvalue weighted by Crippen LogP contribution is 2.05. The standard InChI is InChI=1S/C12H14N2O2/c1-12(2,3)16-11(15)14-8-6-10-5-4-7-13-9-10/h4-5,7,9H,1-3H3,(H,14,15). The maximum absolute atomic E-state index is 11.2. The molecule has 0 aliphatic rings. The van der Waals surface area contributed by atoms with Crippen LogP contribution in [0.3, 0.4) is 0 Å². The minimum atomic E-state index is -0.552. The molecule has 1 N–H and O–H groups in total. The molecule has 16 heavy (non-hydrogen) atoms. The van der Waals surface area contributed by atoms with Crippen LogP contribution >= 0.6 is 0 Å². The van der Waals surface area contributed by atoms with Crippen LogP contribution in [-0.4, -0.2) is 16.7 Å². The van der Waals surface area contributed by atoms with Gasteiger partial charge in [-0.3, -0.25) is 4.98 Å². The molecule has 1 rings (SSSR count). The molecule has 84 valence electrons. The molecule has 4 heteroatoms. The van der Waals surface area contributed by atoms with Crippen molar-refractivity contribution in [1.29, 1.82) is 0 Å². The summed E-state index contributed by atoms with van der Waals surface area (Å²) >= 11 is 0. The third-order valence-corrected chi connectivity index (χ3v) is 1.43. The van der Waals surface area contributed by atoms with Gasteiger partial charge in [0.2, 0.25) is 0 Å². The van der Waals surface area contributed by atoms with Crippen molar-refractivity contribution in [3.8, 4) is 12.0 Å². The second-order valence-corrected chi connectivity index (χ2v) is 4.12. The summed E-state index contributed by atoms with van der Waals surface area (Å²) in [5.41, 5.74) is 0.221. The molecule has 0 aliphatic heterocycles. The lowest BCUT2D eigenvalue weighted by molar-refractivity contribution is 0.0557. The first kappa shape index (κ1) is 12.1. The normalized spacial score (nSPS) is 9.94. The number of nitrogens with one attached hydrogen (secondary N) is 1. The van der Waals surface area contributed by atoms with Crippen LogP contribution in [0.2, 0.25) is 0 Å². The van der Waals surface area contributed by atoms with E-state index in [9.17, 15) is 4.79 Å². The summed E-state index contributed by atoms with van der Waals surface area (Å²) < 4.78 is 5.01. The van der Waals surface area contributed by atoms with Crippen LogP contribution in [0.1, 0.15) is 26.3 Å². The zero-order chi connectivity index (χ0) is 12.0. The Kier molecular flexibility index (Phi) is 3.90. The summed E-state index contributed by atoms with van der Waals surface area (Å²) in [5.74, 6) is 2.74. The molecule has 0 saturated carbocycles. The van der Waals surface area contributed by atoms with Crippen LogP contribution in [0, 0.1) is 12.0 Å². The Balaban J connectivity index is 2.47. The predicted molar refractivity (Wildman–Crippen MR) is 60.5 cm³/mol. The molecule has 4 nitrogen and oxygen atoms in total. The quantitative estimate of drug-likeness (QED) is 0.534. The van der Waals surface area contributed by atoms with Gasteiger partial charge >= 0.3 is 6.09 Å². The van der Waals surface area contributed by atoms with Crippen LogP contribution in [-0.2, 0) is 4.74 Å². The van der Waals surface area contributed by atoms with Gasteiger partial charge in [0, 0.05) is 24.0 Å². The van der Waals surface area contributed by atoms with Gasteiger partial charge in [0.05, 0.1) is 0 Å². The predicted octanol–water partition coefficient (Wildman–Crippen LogP) is 1.92. The maximum atomic E-state index is 11.2. The molecule has 0 spiro atoms. The van der Waals surface area contributed by atoms with Crippen molar-refractivity contribution in [1.82, 2.24) is 10.3 Å². The van der Waals surface area contributed by atoms with E-state index in [-0.39, 0.29) is 0 Å². The maximum Gasteiger partial charge on any atom is 0.419 e. The Morgan fingerprint density at radius 1 is 1.50 bits per heavy atom. The Hall–Kier alpha value is -2.02.